The lowest BCUT2D eigenvalue weighted by molar-refractivity contribution is -0.122. The first-order valence-corrected chi connectivity index (χ1v) is 11.3. The molecule has 0 bridgehead atoms. The van der Waals surface area contributed by atoms with Gasteiger partial charge in [-0.25, -0.2) is 0 Å². The van der Waals surface area contributed by atoms with Crippen LogP contribution in [0.3, 0.4) is 0 Å². The maximum atomic E-state index is 12.1. The van der Waals surface area contributed by atoms with Crippen LogP contribution in [0.25, 0.3) is 0 Å². The molecular weight excluding hydrogens is 477 g/mol. The van der Waals surface area contributed by atoms with Crippen molar-refractivity contribution in [3.05, 3.63) is 54.6 Å². The Morgan fingerprint density at radius 2 is 1.58 bits per heavy atom. The molecule has 0 fully saturated rings. The first-order chi connectivity index (χ1) is 14.8. The molecule has 0 spiro atoms. The fourth-order valence-corrected chi connectivity index (χ4v) is 3.05. The van der Waals surface area contributed by atoms with Crippen molar-refractivity contribution in [2.75, 3.05) is 5.32 Å². The van der Waals surface area contributed by atoms with Crippen LogP contribution >= 0.6 is 47.0 Å². The highest BCUT2D eigenvalue weighted by atomic mass is 35.6. The number of rotatable bonds is 9. The molecule has 2 rings (SSSR count). The Hall–Kier alpha value is -1.93. The minimum atomic E-state index is -1.78. The van der Waals surface area contributed by atoms with Gasteiger partial charge in [0.05, 0.1) is 11.4 Å². The molecule has 2 aromatic rings. The van der Waals surface area contributed by atoms with Gasteiger partial charge in [-0.3, -0.25) is 4.79 Å². The van der Waals surface area contributed by atoms with Gasteiger partial charge in [0.1, 0.15) is 6.17 Å². The predicted molar refractivity (Wildman–Crippen MR) is 133 cm³/mol. The Morgan fingerprint density at radius 1 is 0.968 bits per heavy atom. The van der Waals surface area contributed by atoms with Gasteiger partial charge >= 0.3 is 0 Å². The largest absolute Gasteiger partial charge is 0.339 e. The van der Waals surface area contributed by atoms with E-state index in [0.717, 1.165) is 24.9 Å². The minimum Gasteiger partial charge on any atom is -0.339 e. The lowest BCUT2D eigenvalue weighted by atomic mass is 10.2. The van der Waals surface area contributed by atoms with Gasteiger partial charge in [0, 0.05) is 12.1 Å². The highest BCUT2D eigenvalue weighted by molar-refractivity contribution is 7.80. The highest BCUT2D eigenvalue weighted by Crippen LogP contribution is 2.29. The van der Waals surface area contributed by atoms with Crippen LogP contribution in [0.2, 0.25) is 0 Å². The number of azo groups is 1. The molecule has 31 heavy (non-hydrogen) atoms. The number of hydrogen-bond acceptors (Lipinski definition) is 4. The number of halogens is 3. The van der Waals surface area contributed by atoms with E-state index in [2.05, 4.69) is 33.1 Å². The van der Waals surface area contributed by atoms with E-state index in [4.69, 9.17) is 47.0 Å². The number of carbonyl (C=O) groups excluding carboxylic acids is 1. The topological polar surface area (TPSA) is 77.9 Å². The Labute approximate surface area is 202 Å². The maximum absolute atomic E-state index is 12.1. The minimum absolute atomic E-state index is 0.198. The van der Waals surface area contributed by atoms with E-state index in [9.17, 15) is 4.79 Å². The normalized spacial score (nSPS) is 12.4. The smallest absolute Gasteiger partial charge is 0.228 e. The van der Waals surface area contributed by atoms with Crippen LogP contribution in [-0.2, 0) is 4.79 Å². The van der Waals surface area contributed by atoms with Crippen LogP contribution < -0.4 is 16.0 Å². The SMILES string of the molecule is CCCCCC(=O)NC(NC(=S)Nc1ccc(N=Nc2ccccc2)cc1)C(Cl)(Cl)Cl. The van der Waals surface area contributed by atoms with Crippen molar-refractivity contribution in [2.24, 2.45) is 10.2 Å². The monoisotopic (exact) mass is 499 g/mol. The molecule has 0 aliphatic heterocycles. The molecule has 1 amide bonds. The van der Waals surface area contributed by atoms with Crippen molar-refractivity contribution in [3.63, 3.8) is 0 Å². The van der Waals surface area contributed by atoms with Crippen LogP contribution in [0.5, 0.6) is 0 Å². The lowest BCUT2D eigenvalue weighted by Crippen LogP contribution is -2.56. The summed E-state index contributed by atoms with van der Waals surface area (Å²) in [5, 5.41) is 17.1. The highest BCUT2D eigenvalue weighted by Gasteiger charge is 2.34. The Kier molecular flexibility index (Phi) is 10.5. The number of carbonyl (C=O) groups is 1. The van der Waals surface area contributed by atoms with E-state index in [1.54, 1.807) is 24.3 Å². The quantitative estimate of drug-likeness (QED) is 0.117. The van der Waals surface area contributed by atoms with Gasteiger partial charge in [-0.1, -0.05) is 72.8 Å². The molecule has 0 saturated heterocycles. The number of benzene rings is 2. The number of nitrogens with one attached hydrogen (secondary N) is 3. The van der Waals surface area contributed by atoms with Crippen molar-refractivity contribution in [1.29, 1.82) is 0 Å². The van der Waals surface area contributed by atoms with Gasteiger partial charge in [-0.05, 0) is 55.0 Å². The summed E-state index contributed by atoms with van der Waals surface area (Å²) in [6, 6.07) is 16.6. The Morgan fingerprint density at radius 3 is 2.16 bits per heavy atom. The number of alkyl halides is 3. The van der Waals surface area contributed by atoms with Gasteiger partial charge in [0.15, 0.2) is 5.11 Å². The zero-order chi connectivity index (χ0) is 22.7. The molecule has 1 unspecified atom stereocenters. The van der Waals surface area contributed by atoms with Gasteiger partial charge in [-0.15, -0.1) is 0 Å². The van der Waals surface area contributed by atoms with Crippen LogP contribution in [0.15, 0.2) is 64.8 Å². The lowest BCUT2D eigenvalue weighted by Gasteiger charge is -2.27. The average molecular weight is 501 g/mol. The molecule has 0 aromatic heterocycles. The summed E-state index contributed by atoms with van der Waals surface area (Å²) in [5.41, 5.74) is 2.16. The van der Waals surface area contributed by atoms with Gasteiger partial charge in [0.25, 0.3) is 0 Å². The van der Waals surface area contributed by atoms with Gasteiger partial charge in [0.2, 0.25) is 9.70 Å². The number of hydrogen-bond donors (Lipinski definition) is 3. The van der Waals surface area contributed by atoms with Crippen molar-refractivity contribution >= 4 is 75.1 Å². The molecule has 0 radical (unpaired) electrons. The first-order valence-electron chi connectivity index (χ1n) is 9.78. The molecule has 0 heterocycles. The van der Waals surface area contributed by atoms with E-state index in [1.165, 1.54) is 0 Å². The second kappa shape index (κ2) is 12.8. The molecule has 6 nitrogen and oxygen atoms in total. The predicted octanol–water partition coefficient (Wildman–Crippen LogP) is 6.78. The van der Waals surface area contributed by atoms with E-state index in [1.807, 2.05) is 30.3 Å². The Balaban J connectivity index is 1.91. The van der Waals surface area contributed by atoms with Crippen molar-refractivity contribution in [3.8, 4) is 0 Å². The van der Waals surface area contributed by atoms with Crippen LogP contribution in [0.1, 0.15) is 32.6 Å². The van der Waals surface area contributed by atoms with Crippen molar-refractivity contribution < 1.29 is 4.79 Å². The summed E-state index contributed by atoms with van der Waals surface area (Å²) in [4.78, 5) is 12.1. The number of thiocarbonyl (C=S) groups is 1. The fraction of sp³-hybridized carbons (Fsp3) is 0.333. The number of nitrogens with zero attached hydrogens (tertiary/aromatic N) is 2. The third kappa shape index (κ3) is 9.82. The van der Waals surface area contributed by atoms with E-state index < -0.39 is 9.96 Å². The van der Waals surface area contributed by atoms with Crippen molar-refractivity contribution in [2.45, 2.75) is 42.6 Å². The molecule has 166 valence electrons. The average Bonchev–Trinajstić information content (AvgIpc) is 2.73. The Bertz CT molecular complexity index is 873. The third-order valence-electron chi connectivity index (χ3n) is 4.08. The molecule has 1 atom stereocenters. The molecule has 0 aliphatic rings. The zero-order valence-corrected chi connectivity index (χ0v) is 20.0. The van der Waals surface area contributed by atoms with Gasteiger partial charge < -0.3 is 16.0 Å². The summed E-state index contributed by atoms with van der Waals surface area (Å²) in [6.07, 6.45) is 2.11. The van der Waals surface area contributed by atoms with Crippen LogP contribution in [-0.4, -0.2) is 21.0 Å². The maximum Gasteiger partial charge on any atom is 0.228 e. The molecule has 0 saturated carbocycles. The molecule has 10 heteroatoms. The second-order valence-corrected chi connectivity index (χ2v) is 9.46. The summed E-state index contributed by atoms with van der Waals surface area (Å²) in [6.45, 7) is 2.06. The van der Waals surface area contributed by atoms with Crippen molar-refractivity contribution in [1.82, 2.24) is 10.6 Å². The number of amides is 1. The number of unbranched alkanes of at least 4 members (excludes halogenated alkanes) is 2. The first kappa shape index (κ1) is 25.3. The molecule has 3 N–H and O–H groups in total. The summed E-state index contributed by atoms with van der Waals surface area (Å²) >= 11 is 23.3. The van der Waals surface area contributed by atoms with Crippen LogP contribution in [0.4, 0.5) is 17.1 Å². The van der Waals surface area contributed by atoms with Gasteiger partial charge in [-0.2, -0.15) is 10.2 Å². The number of anilines is 1. The summed E-state index contributed by atoms with van der Waals surface area (Å²) in [5.74, 6) is -0.215. The molecular formula is C21H24Cl3N5OS. The standard InChI is InChI=1S/C21H24Cl3N5OS/c1-2-3-5-10-18(30)26-19(21(22,23)24)27-20(31)25-15-11-13-17(14-12-15)29-28-16-8-6-4-7-9-16/h4,6-9,11-14,19H,2-3,5,10H2,1H3,(H,26,30)(H2,25,27,31). The van der Waals surface area contributed by atoms with E-state index in [0.29, 0.717) is 17.8 Å². The fourth-order valence-electron chi connectivity index (χ4n) is 2.49. The van der Waals surface area contributed by atoms with Crippen LogP contribution in [0, 0.1) is 0 Å². The molecule has 0 aliphatic carbocycles. The zero-order valence-electron chi connectivity index (χ0n) is 16.9. The summed E-state index contributed by atoms with van der Waals surface area (Å²) in [7, 11) is 0. The second-order valence-electron chi connectivity index (χ2n) is 6.68. The van der Waals surface area contributed by atoms with E-state index >= 15 is 0 Å². The van der Waals surface area contributed by atoms with E-state index in [-0.39, 0.29) is 11.0 Å². The summed E-state index contributed by atoms with van der Waals surface area (Å²) < 4.78 is -1.78. The molecule has 2 aromatic carbocycles. The third-order valence-corrected chi connectivity index (χ3v) is 4.95.